The monoisotopic (exact) mass is 189 g/mol. The van der Waals surface area contributed by atoms with Gasteiger partial charge in [0.05, 0.1) is 9.90 Å². The largest absolute Gasteiger partial charge is 0.320 e. The highest BCUT2D eigenvalue weighted by Gasteiger charge is 2.05. The highest BCUT2D eigenvalue weighted by molar-refractivity contribution is 7.20. The molecule has 0 saturated heterocycles. The van der Waals surface area contributed by atoms with Crippen molar-refractivity contribution in [2.75, 3.05) is 5.32 Å². The summed E-state index contributed by atoms with van der Waals surface area (Å²) in [5.74, 6) is 0. The predicted molar refractivity (Wildman–Crippen MR) is 44.4 cm³/mol. The van der Waals surface area contributed by atoms with Gasteiger partial charge in [-0.15, -0.1) is 11.3 Å². The van der Waals surface area contributed by atoms with Crippen molar-refractivity contribution in [3.63, 3.8) is 0 Å². The Morgan fingerprint density at radius 2 is 2.27 bits per heavy atom. The molecular weight excluding hydrogens is 186 g/mol. The second-order valence-corrected chi connectivity index (χ2v) is 3.40. The van der Waals surface area contributed by atoms with Crippen LogP contribution >= 0.6 is 22.9 Å². The third-order valence-corrected chi connectivity index (χ3v) is 2.26. The molecule has 0 aliphatic rings. The first kappa shape index (κ1) is 8.23. The Hall–Kier alpha value is -0.870. The van der Waals surface area contributed by atoms with E-state index in [9.17, 15) is 9.59 Å². The van der Waals surface area contributed by atoms with Crippen LogP contribution in [-0.2, 0) is 4.79 Å². The van der Waals surface area contributed by atoms with Crippen LogP contribution in [0.4, 0.5) is 5.00 Å². The maximum Gasteiger partial charge on any atom is 0.212 e. The number of amides is 1. The number of aldehydes is 1. The van der Waals surface area contributed by atoms with Gasteiger partial charge in [0.1, 0.15) is 5.00 Å². The minimum atomic E-state index is 0.409. The Balaban J connectivity index is 3.00. The summed E-state index contributed by atoms with van der Waals surface area (Å²) in [6.45, 7) is 0. The van der Waals surface area contributed by atoms with Gasteiger partial charge >= 0.3 is 0 Å². The van der Waals surface area contributed by atoms with Crippen molar-refractivity contribution < 1.29 is 9.59 Å². The molecule has 1 rings (SSSR count). The lowest BCUT2D eigenvalue weighted by atomic mass is 10.3. The number of nitrogens with one attached hydrogen (secondary N) is 1. The molecule has 0 fully saturated rings. The molecule has 11 heavy (non-hydrogen) atoms. The van der Waals surface area contributed by atoms with E-state index in [0.717, 1.165) is 11.3 Å². The molecule has 5 heteroatoms. The lowest BCUT2D eigenvalue weighted by Crippen LogP contribution is -1.93. The van der Waals surface area contributed by atoms with Gasteiger partial charge in [-0.05, 0) is 6.07 Å². The molecule has 0 radical (unpaired) electrons. The van der Waals surface area contributed by atoms with Crippen molar-refractivity contribution in [3.8, 4) is 0 Å². The molecule has 1 heterocycles. The van der Waals surface area contributed by atoms with Gasteiger partial charge in [0.2, 0.25) is 6.41 Å². The lowest BCUT2D eigenvalue weighted by molar-refractivity contribution is -0.105. The van der Waals surface area contributed by atoms with Crippen LogP contribution in [0.5, 0.6) is 0 Å². The van der Waals surface area contributed by atoms with E-state index in [1.807, 2.05) is 0 Å². The van der Waals surface area contributed by atoms with Crippen LogP contribution in [0.1, 0.15) is 10.4 Å². The normalized spacial score (nSPS) is 9.18. The van der Waals surface area contributed by atoms with Crippen LogP contribution in [0.15, 0.2) is 6.07 Å². The predicted octanol–water partition coefficient (Wildman–Crippen LogP) is 1.78. The summed E-state index contributed by atoms with van der Waals surface area (Å²) in [5.41, 5.74) is 0.409. The average Bonchev–Trinajstić information content (AvgIpc) is 2.32. The molecule has 0 unspecified atom stereocenters. The van der Waals surface area contributed by atoms with E-state index in [0.29, 0.717) is 27.6 Å². The molecule has 1 aromatic heterocycles. The van der Waals surface area contributed by atoms with Crippen LogP contribution in [0.25, 0.3) is 0 Å². The van der Waals surface area contributed by atoms with Gasteiger partial charge in [-0.3, -0.25) is 9.59 Å². The number of carbonyl (C=O) groups excluding carboxylic acids is 2. The highest BCUT2D eigenvalue weighted by atomic mass is 35.5. The van der Waals surface area contributed by atoms with E-state index >= 15 is 0 Å². The fraction of sp³-hybridized carbons (Fsp3) is 0. The summed E-state index contributed by atoms with van der Waals surface area (Å²) in [5, 5.41) is 2.86. The molecule has 58 valence electrons. The lowest BCUT2D eigenvalue weighted by Gasteiger charge is -1.90. The number of thiophene rings is 1. The van der Waals surface area contributed by atoms with Gasteiger partial charge in [0.15, 0.2) is 6.29 Å². The van der Waals surface area contributed by atoms with Gasteiger partial charge in [-0.25, -0.2) is 0 Å². The van der Waals surface area contributed by atoms with Gasteiger partial charge in [0.25, 0.3) is 0 Å². The van der Waals surface area contributed by atoms with Gasteiger partial charge in [-0.1, -0.05) is 11.6 Å². The van der Waals surface area contributed by atoms with Crippen molar-refractivity contribution in [2.45, 2.75) is 0 Å². The van der Waals surface area contributed by atoms with E-state index < -0.39 is 0 Å². The molecule has 0 saturated carbocycles. The van der Waals surface area contributed by atoms with Crippen LogP contribution in [-0.4, -0.2) is 12.7 Å². The number of hydrogen-bond donors (Lipinski definition) is 1. The second kappa shape index (κ2) is 3.50. The Bertz CT molecular complexity index is 284. The number of halogens is 1. The van der Waals surface area contributed by atoms with Gasteiger partial charge in [0, 0.05) is 0 Å². The van der Waals surface area contributed by atoms with Crippen LogP contribution in [0.2, 0.25) is 4.34 Å². The SMILES string of the molecule is O=CNc1sc(Cl)cc1C=O. The van der Waals surface area contributed by atoms with E-state index in [1.165, 1.54) is 6.07 Å². The fourth-order valence-corrected chi connectivity index (χ4v) is 1.69. The molecule has 0 aromatic carbocycles. The quantitative estimate of drug-likeness (QED) is 0.737. The van der Waals surface area contributed by atoms with E-state index in [2.05, 4.69) is 5.32 Å². The second-order valence-electron chi connectivity index (χ2n) is 1.72. The maximum atomic E-state index is 10.3. The third-order valence-electron chi connectivity index (χ3n) is 1.05. The molecule has 0 spiro atoms. The Kier molecular flexibility index (Phi) is 2.62. The summed E-state index contributed by atoms with van der Waals surface area (Å²) in [6, 6.07) is 1.51. The summed E-state index contributed by atoms with van der Waals surface area (Å²) in [6.07, 6.45) is 1.16. The fourth-order valence-electron chi connectivity index (χ4n) is 0.628. The van der Waals surface area contributed by atoms with Crippen molar-refractivity contribution in [1.82, 2.24) is 0 Å². The average molecular weight is 190 g/mol. The van der Waals surface area contributed by atoms with E-state index in [4.69, 9.17) is 11.6 Å². The molecule has 1 N–H and O–H groups in total. The molecule has 0 bridgehead atoms. The Morgan fingerprint density at radius 3 is 2.82 bits per heavy atom. The van der Waals surface area contributed by atoms with E-state index in [-0.39, 0.29) is 0 Å². The molecular formula is C6H4ClNO2S. The van der Waals surface area contributed by atoms with Crippen molar-refractivity contribution in [3.05, 3.63) is 16.0 Å². The molecule has 1 aromatic rings. The Labute approximate surface area is 72.0 Å². The Morgan fingerprint density at radius 1 is 1.55 bits per heavy atom. The summed E-state index contributed by atoms with van der Waals surface area (Å²) >= 11 is 6.74. The molecule has 0 aliphatic heterocycles. The zero-order valence-electron chi connectivity index (χ0n) is 5.33. The minimum Gasteiger partial charge on any atom is -0.320 e. The van der Waals surface area contributed by atoms with Crippen LogP contribution in [0.3, 0.4) is 0 Å². The molecule has 0 aliphatic carbocycles. The first-order chi connectivity index (χ1) is 5.27. The van der Waals surface area contributed by atoms with E-state index in [1.54, 1.807) is 0 Å². The number of carbonyl (C=O) groups is 2. The van der Waals surface area contributed by atoms with Gasteiger partial charge in [-0.2, -0.15) is 0 Å². The zero-order valence-corrected chi connectivity index (χ0v) is 6.91. The van der Waals surface area contributed by atoms with Crippen molar-refractivity contribution >= 4 is 40.6 Å². The topological polar surface area (TPSA) is 46.2 Å². The zero-order chi connectivity index (χ0) is 8.27. The van der Waals surface area contributed by atoms with Crippen LogP contribution < -0.4 is 5.32 Å². The molecule has 1 amide bonds. The highest BCUT2D eigenvalue weighted by Crippen LogP contribution is 2.29. The molecule has 3 nitrogen and oxygen atoms in total. The maximum absolute atomic E-state index is 10.3. The standard InChI is InChI=1S/C6H4ClNO2S/c7-5-1-4(2-9)6(11-5)8-3-10/h1-3H,(H,8,10). The molecule has 0 atom stereocenters. The third kappa shape index (κ3) is 1.78. The number of rotatable bonds is 3. The summed E-state index contributed by atoms with van der Waals surface area (Å²) < 4.78 is 0.483. The minimum absolute atomic E-state index is 0.409. The number of anilines is 1. The smallest absolute Gasteiger partial charge is 0.212 e. The summed E-state index contributed by atoms with van der Waals surface area (Å²) in [4.78, 5) is 20.3. The number of hydrogen-bond acceptors (Lipinski definition) is 3. The van der Waals surface area contributed by atoms with Gasteiger partial charge < -0.3 is 5.32 Å². The first-order valence-corrected chi connectivity index (χ1v) is 3.92. The van der Waals surface area contributed by atoms with Crippen molar-refractivity contribution in [2.24, 2.45) is 0 Å². The summed E-state index contributed by atoms with van der Waals surface area (Å²) in [7, 11) is 0. The van der Waals surface area contributed by atoms with Crippen LogP contribution in [0, 0.1) is 0 Å². The first-order valence-electron chi connectivity index (χ1n) is 2.72. The van der Waals surface area contributed by atoms with Crippen molar-refractivity contribution in [1.29, 1.82) is 0 Å².